The smallest absolute Gasteiger partial charge is 0.190 e. The van der Waals surface area contributed by atoms with E-state index in [2.05, 4.69) is 13.5 Å². The Morgan fingerprint density at radius 2 is 1.62 bits per heavy atom. The fourth-order valence-corrected chi connectivity index (χ4v) is 3.54. The number of hydrogen-bond donors (Lipinski definition) is 0. The Labute approximate surface area is 161 Å². The molecule has 1 saturated heterocycles. The summed E-state index contributed by atoms with van der Waals surface area (Å²) in [6, 6.07) is 0. The maximum absolute atomic E-state index is 6.08. The van der Waals surface area contributed by atoms with Gasteiger partial charge in [-0.2, -0.15) is 0 Å². The van der Waals surface area contributed by atoms with Crippen LogP contribution in [0.5, 0.6) is 0 Å². The standard InChI is InChI=1S/C22H42O4/c1-5-9-10-11-12-13-15-20(16-14-17-23-18-21-19-24-21)22(6-2,25-7-3)26-8-4/h6,20-21H,2,5,7-19H2,1,3-4H3. The second kappa shape index (κ2) is 14.6. The van der Waals surface area contributed by atoms with Crippen molar-refractivity contribution >= 4 is 0 Å². The average molecular weight is 371 g/mol. The largest absolute Gasteiger partial charge is 0.379 e. The molecule has 0 saturated carbocycles. The van der Waals surface area contributed by atoms with E-state index in [-0.39, 0.29) is 0 Å². The van der Waals surface area contributed by atoms with Gasteiger partial charge in [0.15, 0.2) is 5.79 Å². The van der Waals surface area contributed by atoms with Crippen molar-refractivity contribution in [2.45, 2.75) is 90.4 Å². The van der Waals surface area contributed by atoms with Crippen LogP contribution in [0.2, 0.25) is 0 Å². The van der Waals surface area contributed by atoms with Gasteiger partial charge in [-0.25, -0.2) is 0 Å². The molecule has 0 aromatic rings. The SMILES string of the molecule is C=CC(OCC)(OCC)C(CCCCCCCC)CCCOCC1CO1. The van der Waals surface area contributed by atoms with Crippen LogP contribution in [0.25, 0.3) is 0 Å². The lowest BCUT2D eigenvalue weighted by Gasteiger charge is -2.38. The number of ether oxygens (including phenoxy) is 4. The Kier molecular flexibility index (Phi) is 13.3. The van der Waals surface area contributed by atoms with Crippen LogP contribution >= 0.6 is 0 Å². The van der Waals surface area contributed by atoms with E-state index < -0.39 is 5.79 Å². The number of hydrogen-bond acceptors (Lipinski definition) is 4. The van der Waals surface area contributed by atoms with Crippen LogP contribution in [0.1, 0.15) is 78.6 Å². The van der Waals surface area contributed by atoms with Crippen molar-refractivity contribution in [3.8, 4) is 0 Å². The number of rotatable bonds is 19. The number of epoxide rings is 1. The predicted octanol–water partition coefficient (Wildman–Crippen LogP) is 5.50. The van der Waals surface area contributed by atoms with E-state index >= 15 is 0 Å². The summed E-state index contributed by atoms with van der Waals surface area (Å²) in [5.74, 6) is -0.334. The molecule has 0 aliphatic carbocycles. The lowest BCUT2D eigenvalue weighted by Crippen LogP contribution is -2.42. The summed E-state index contributed by atoms with van der Waals surface area (Å²) in [7, 11) is 0. The van der Waals surface area contributed by atoms with Gasteiger partial charge in [0, 0.05) is 25.7 Å². The Bertz CT molecular complexity index is 335. The highest BCUT2D eigenvalue weighted by atomic mass is 16.7. The zero-order valence-electron chi connectivity index (χ0n) is 17.5. The maximum atomic E-state index is 6.08. The average Bonchev–Trinajstić information content (AvgIpc) is 3.46. The molecule has 1 aliphatic heterocycles. The lowest BCUT2D eigenvalue weighted by atomic mass is 9.87. The van der Waals surface area contributed by atoms with Crippen molar-refractivity contribution in [1.82, 2.24) is 0 Å². The minimum atomic E-state index is -0.660. The molecule has 4 heteroatoms. The number of unbranched alkanes of at least 4 members (excludes halogenated alkanes) is 5. The zero-order valence-corrected chi connectivity index (χ0v) is 17.5. The first-order valence-electron chi connectivity index (χ1n) is 10.8. The van der Waals surface area contributed by atoms with Gasteiger partial charge in [-0.15, -0.1) is 0 Å². The predicted molar refractivity (Wildman–Crippen MR) is 107 cm³/mol. The highest BCUT2D eigenvalue weighted by Crippen LogP contribution is 2.33. The highest BCUT2D eigenvalue weighted by molar-refractivity contribution is 4.95. The van der Waals surface area contributed by atoms with Crippen LogP contribution in [0.3, 0.4) is 0 Å². The third-order valence-electron chi connectivity index (χ3n) is 5.05. The summed E-state index contributed by atoms with van der Waals surface area (Å²) >= 11 is 0. The van der Waals surface area contributed by atoms with Crippen LogP contribution in [0.4, 0.5) is 0 Å². The minimum Gasteiger partial charge on any atom is -0.379 e. The first kappa shape index (κ1) is 23.6. The zero-order chi connectivity index (χ0) is 19.1. The molecule has 2 atom stereocenters. The maximum Gasteiger partial charge on any atom is 0.190 e. The van der Waals surface area contributed by atoms with Crippen LogP contribution in [0.15, 0.2) is 12.7 Å². The molecule has 0 radical (unpaired) electrons. The molecule has 0 aromatic carbocycles. The first-order valence-corrected chi connectivity index (χ1v) is 10.8. The molecule has 1 aliphatic rings. The third kappa shape index (κ3) is 9.50. The van der Waals surface area contributed by atoms with Crippen LogP contribution < -0.4 is 0 Å². The van der Waals surface area contributed by atoms with Crippen LogP contribution in [-0.4, -0.2) is 44.9 Å². The van der Waals surface area contributed by atoms with Gasteiger partial charge in [0.1, 0.15) is 6.10 Å². The van der Waals surface area contributed by atoms with Crippen molar-refractivity contribution in [1.29, 1.82) is 0 Å². The molecule has 0 aromatic heterocycles. The molecule has 0 spiro atoms. The Hall–Kier alpha value is -0.420. The molecule has 1 fully saturated rings. The second-order valence-electron chi connectivity index (χ2n) is 7.22. The van der Waals surface area contributed by atoms with E-state index in [0.717, 1.165) is 39.1 Å². The molecule has 26 heavy (non-hydrogen) atoms. The van der Waals surface area contributed by atoms with E-state index in [1.807, 2.05) is 19.9 Å². The fraction of sp³-hybridized carbons (Fsp3) is 0.909. The van der Waals surface area contributed by atoms with Crippen LogP contribution in [0, 0.1) is 5.92 Å². The van der Waals surface area contributed by atoms with E-state index in [0.29, 0.717) is 25.2 Å². The summed E-state index contributed by atoms with van der Waals surface area (Å²) in [6.45, 7) is 14.0. The van der Waals surface area contributed by atoms with E-state index in [1.165, 1.54) is 38.5 Å². The third-order valence-corrected chi connectivity index (χ3v) is 5.05. The van der Waals surface area contributed by atoms with Crippen molar-refractivity contribution in [3.05, 3.63) is 12.7 Å². The van der Waals surface area contributed by atoms with Gasteiger partial charge >= 0.3 is 0 Å². The van der Waals surface area contributed by atoms with E-state index in [4.69, 9.17) is 18.9 Å². The summed E-state index contributed by atoms with van der Waals surface area (Å²) < 4.78 is 23.1. The molecule has 1 rings (SSSR count). The van der Waals surface area contributed by atoms with Crippen LogP contribution in [-0.2, 0) is 18.9 Å². The monoisotopic (exact) mass is 370 g/mol. The Morgan fingerprint density at radius 3 is 2.19 bits per heavy atom. The van der Waals surface area contributed by atoms with Crippen molar-refractivity contribution in [2.75, 3.05) is 33.0 Å². The summed E-state index contributed by atoms with van der Waals surface area (Å²) in [5, 5.41) is 0. The fourth-order valence-electron chi connectivity index (χ4n) is 3.54. The van der Waals surface area contributed by atoms with Crippen molar-refractivity contribution < 1.29 is 18.9 Å². The molecule has 0 N–H and O–H groups in total. The molecule has 0 amide bonds. The molecular formula is C22H42O4. The van der Waals surface area contributed by atoms with Crippen molar-refractivity contribution in [2.24, 2.45) is 5.92 Å². The highest BCUT2D eigenvalue weighted by Gasteiger charge is 2.37. The summed E-state index contributed by atoms with van der Waals surface area (Å²) in [4.78, 5) is 0. The van der Waals surface area contributed by atoms with Crippen molar-refractivity contribution in [3.63, 3.8) is 0 Å². The van der Waals surface area contributed by atoms with Gasteiger partial charge in [0.2, 0.25) is 0 Å². The van der Waals surface area contributed by atoms with Gasteiger partial charge in [-0.05, 0) is 39.2 Å². The molecular weight excluding hydrogens is 328 g/mol. The molecule has 2 unspecified atom stereocenters. The Balaban J connectivity index is 2.48. The quantitative estimate of drug-likeness (QED) is 0.130. The normalized spacial score (nSPS) is 18.0. The van der Waals surface area contributed by atoms with Gasteiger partial charge in [0.25, 0.3) is 0 Å². The second-order valence-corrected chi connectivity index (χ2v) is 7.22. The molecule has 4 nitrogen and oxygen atoms in total. The van der Waals surface area contributed by atoms with E-state index in [9.17, 15) is 0 Å². The minimum absolute atomic E-state index is 0.326. The first-order chi connectivity index (χ1) is 12.7. The Morgan fingerprint density at radius 1 is 1.00 bits per heavy atom. The summed E-state index contributed by atoms with van der Waals surface area (Å²) in [5.41, 5.74) is 0. The van der Waals surface area contributed by atoms with Gasteiger partial charge in [-0.1, -0.05) is 52.0 Å². The van der Waals surface area contributed by atoms with Gasteiger partial charge < -0.3 is 18.9 Å². The summed E-state index contributed by atoms with van der Waals surface area (Å²) in [6.07, 6.45) is 13.2. The van der Waals surface area contributed by atoms with E-state index in [1.54, 1.807) is 0 Å². The van der Waals surface area contributed by atoms with Gasteiger partial charge in [0.05, 0.1) is 13.2 Å². The van der Waals surface area contributed by atoms with Gasteiger partial charge in [-0.3, -0.25) is 0 Å². The topological polar surface area (TPSA) is 40.2 Å². The molecule has 1 heterocycles. The molecule has 154 valence electrons. The lowest BCUT2D eigenvalue weighted by molar-refractivity contribution is -0.233. The molecule has 0 bridgehead atoms.